The predicted octanol–water partition coefficient (Wildman–Crippen LogP) is 2.95. The van der Waals surface area contributed by atoms with Crippen molar-refractivity contribution in [2.45, 2.75) is 19.4 Å². The summed E-state index contributed by atoms with van der Waals surface area (Å²) in [5.41, 5.74) is 0.546. The molecule has 1 aromatic carbocycles. The van der Waals surface area contributed by atoms with E-state index in [-0.39, 0.29) is 11.8 Å². The first kappa shape index (κ1) is 13.8. The summed E-state index contributed by atoms with van der Waals surface area (Å²) in [5, 5.41) is 10.4. The average Bonchev–Trinajstić information content (AvgIpc) is 2.35. The zero-order valence-electron chi connectivity index (χ0n) is 10.1. The van der Waals surface area contributed by atoms with E-state index in [4.69, 9.17) is 11.6 Å². The molecule has 2 rings (SSSR count). The molecular formula is C13H15BrClNO2. The van der Waals surface area contributed by atoms with Crippen molar-refractivity contribution in [2.75, 3.05) is 13.1 Å². The van der Waals surface area contributed by atoms with Gasteiger partial charge in [-0.15, -0.1) is 0 Å². The number of likely N-dealkylation sites (tertiary alicyclic amines) is 1. The molecule has 1 aliphatic heterocycles. The molecule has 5 heteroatoms. The molecule has 1 N–H and O–H groups in total. The molecule has 0 radical (unpaired) electrons. The molecule has 0 aromatic heterocycles. The van der Waals surface area contributed by atoms with Crippen LogP contribution in [0.3, 0.4) is 0 Å². The highest BCUT2D eigenvalue weighted by atomic mass is 79.9. The number of halogens is 2. The van der Waals surface area contributed by atoms with Crippen LogP contribution in [0.4, 0.5) is 0 Å². The van der Waals surface area contributed by atoms with Crippen molar-refractivity contribution in [3.8, 4) is 0 Å². The molecule has 1 saturated heterocycles. The van der Waals surface area contributed by atoms with E-state index in [2.05, 4.69) is 15.9 Å². The molecule has 1 fully saturated rings. The van der Waals surface area contributed by atoms with Gasteiger partial charge in [0.1, 0.15) is 0 Å². The summed E-state index contributed by atoms with van der Waals surface area (Å²) in [7, 11) is 0. The highest BCUT2D eigenvalue weighted by Crippen LogP contribution is 2.25. The second-order valence-electron chi connectivity index (χ2n) is 4.71. The first-order chi connectivity index (χ1) is 8.49. The first-order valence-corrected chi connectivity index (χ1v) is 7.08. The van der Waals surface area contributed by atoms with Crippen molar-refractivity contribution in [3.63, 3.8) is 0 Å². The minimum Gasteiger partial charge on any atom is -0.391 e. The van der Waals surface area contributed by atoms with E-state index >= 15 is 0 Å². The van der Waals surface area contributed by atoms with Crippen molar-refractivity contribution in [1.82, 2.24) is 4.90 Å². The molecule has 0 aliphatic carbocycles. The number of piperidine rings is 1. The van der Waals surface area contributed by atoms with E-state index in [0.717, 1.165) is 10.9 Å². The van der Waals surface area contributed by atoms with Crippen molar-refractivity contribution < 1.29 is 9.90 Å². The number of hydrogen-bond donors (Lipinski definition) is 1. The van der Waals surface area contributed by atoms with E-state index in [0.29, 0.717) is 23.7 Å². The largest absolute Gasteiger partial charge is 0.391 e. The van der Waals surface area contributed by atoms with Crippen molar-refractivity contribution in [3.05, 3.63) is 33.3 Å². The van der Waals surface area contributed by atoms with Gasteiger partial charge in [-0.05, 0) is 46.5 Å². The van der Waals surface area contributed by atoms with E-state index in [1.165, 1.54) is 0 Å². The Morgan fingerprint density at radius 1 is 1.56 bits per heavy atom. The lowest BCUT2D eigenvalue weighted by molar-refractivity contribution is 0.0248. The number of aliphatic hydroxyl groups is 1. The molecule has 0 saturated carbocycles. The summed E-state index contributed by atoms with van der Waals surface area (Å²) >= 11 is 9.27. The Labute approximate surface area is 120 Å². The minimum atomic E-state index is -0.444. The number of rotatable bonds is 1. The molecule has 0 bridgehead atoms. The fourth-order valence-corrected chi connectivity index (χ4v) is 2.65. The van der Waals surface area contributed by atoms with Crippen LogP contribution in [0.1, 0.15) is 23.7 Å². The van der Waals surface area contributed by atoms with E-state index < -0.39 is 6.10 Å². The van der Waals surface area contributed by atoms with Gasteiger partial charge in [0.15, 0.2) is 0 Å². The van der Waals surface area contributed by atoms with Crippen LogP contribution in [0.15, 0.2) is 22.7 Å². The third-order valence-electron chi connectivity index (χ3n) is 3.36. The summed E-state index contributed by atoms with van der Waals surface area (Å²) < 4.78 is 0.727. The zero-order chi connectivity index (χ0) is 13.3. The molecule has 1 heterocycles. The van der Waals surface area contributed by atoms with E-state index in [1.54, 1.807) is 23.1 Å². The molecule has 2 unspecified atom stereocenters. The maximum atomic E-state index is 12.4. The summed E-state index contributed by atoms with van der Waals surface area (Å²) in [6.07, 6.45) is 0.381. The van der Waals surface area contributed by atoms with Crippen LogP contribution in [-0.4, -0.2) is 35.1 Å². The van der Waals surface area contributed by atoms with Gasteiger partial charge in [0.2, 0.25) is 0 Å². The predicted molar refractivity (Wildman–Crippen MR) is 74.8 cm³/mol. The minimum absolute atomic E-state index is 0.0877. The summed E-state index contributed by atoms with van der Waals surface area (Å²) in [6.45, 7) is 3.07. The summed E-state index contributed by atoms with van der Waals surface area (Å²) in [5.74, 6) is 0.159. The lowest BCUT2D eigenvalue weighted by Crippen LogP contribution is -2.45. The lowest BCUT2D eigenvalue weighted by atomic mass is 9.95. The number of amides is 1. The molecule has 98 valence electrons. The molecule has 3 nitrogen and oxygen atoms in total. The van der Waals surface area contributed by atoms with Crippen LogP contribution in [0.5, 0.6) is 0 Å². The van der Waals surface area contributed by atoms with Gasteiger partial charge < -0.3 is 10.0 Å². The van der Waals surface area contributed by atoms with E-state index in [9.17, 15) is 9.90 Å². The standard InChI is InChI=1S/C13H15BrClNO2/c1-8-4-5-16(7-12(8)17)13(18)10-6-9(15)2-3-11(10)14/h2-3,6,8,12,17H,4-5,7H2,1H3. The Kier molecular flexibility index (Phi) is 4.30. The van der Waals surface area contributed by atoms with Crippen molar-refractivity contribution >= 4 is 33.4 Å². The third kappa shape index (κ3) is 2.87. The van der Waals surface area contributed by atoms with E-state index in [1.807, 2.05) is 6.92 Å². The van der Waals surface area contributed by atoms with Gasteiger partial charge in [-0.3, -0.25) is 4.79 Å². The third-order valence-corrected chi connectivity index (χ3v) is 4.29. The average molecular weight is 333 g/mol. The molecule has 0 spiro atoms. The molecule has 1 amide bonds. The molecular weight excluding hydrogens is 318 g/mol. The monoisotopic (exact) mass is 331 g/mol. The highest BCUT2D eigenvalue weighted by molar-refractivity contribution is 9.10. The number of nitrogens with zero attached hydrogens (tertiary/aromatic N) is 1. The molecule has 1 aliphatic rings. The normalized spacial score (nSPS) is 24.1. The Morgan fingerprint density at radius 3 is 2.94 bits per heavy atom. The van der Waals surface area contributed by atoms with Crippen LogP contribution in [0, 0.1) is 5.92 Å². The molecule has 1 aromatic rings. The fraction of sp³-hybridized carbons (Fsp3) is 0.462. The fourth-order valence-electron chi connectivity index (χ4n) is 2.07. The van der Waals surface area contributed by atoms with Crippen LogP contribution in [0.25, 0.3) is 0 Å². The maximum Gasteiger partial charge on any atom is 0.255 e. The quantitative estimate of drug-likeness (QED) is 0.859. The van der Waals surface area contributed by atoms with Gasteiger partial charge in [0.05, 0.1) is 11.7 Å². The van der Waals surface area contributed by atoms with Crippen LogP contribution in [-0.2, 0) is 0 Å². The number of carbonyl (C=O) groups is 1. The van der Waals surface area contributed by atoms with Crippen LogP contribution in [0.2, 0.25) is 5.02 Å². The lowest BCUT2D eigenvalue weighted by Gasteiger charge is -2.34. The van der Waals surface area contributed by atoms with Gasteiger partial charge in [-0.2, -0.15) is 0 Å². The second kappa shape index (κ2) is 5.59. The Morgan fingerprint density at radius 2 is 2.28 bits per heavy atom. The summed E-state index contributed by atoms with van der Waals surface area (Å²) in [6, 6.07) is 5.15. The van der Waals surface area contributed by atoms with Gasteiger partial charge in [0.25, 0.3) is 5.91 Å². The number of benzene rings is 1. The number of carbonyl (C=O) groups excluding carboxylic acids is 1. The Bertz CT molecular complexity index is 466. The zero-order valence-corrected chi connectivity index (χ0v) is 12.4. The smallest absolute Gasteiger partial charge is 0.255 e. The number of hydrogen-bond acceptors (Lipinski definition) is 2. The Balaban J connectivity index is 2.19. The SMILES string of the molecule is CC1CCN(C(=O)c2cc(Cl)ccc2Br)CC1O. The molecule has 18 heavy (non-hydrogen) atoms. The van der Waals surface area contributed by atoms with Crippen LogP contribution < -0.4 is 0 Å². The van der Waals surface area contributed by atoms with Gasteiger partial charge in [-0.25, -0.2) is 0 Å². The number of aliphatic hydroxyl groups excluding tert-OH is 1. The van der Waals surface area contributed by atoms with Gasteiger partial charge >= 0.3 is 0 Å². The van der Waals surface area contributed by atoms with Crippen LogP contribution >= 0.6 is 27.5 Å². The Hall–Kier alpha value is -0.580. The maximum absolute atomic E-state index is 12.4. The van der Waals surface area contributed by atoms with Gasteiger partial charge in [0, 0.05) is 22.6 Å². The topological polar surface area (TPSA) is 40.5 Å². The van der Waals surface area contributed by atoms with Crippen molar-refractivity contribution in [2.24, 2.45) is 5.92 Å². The summed E-state index contributed by atoms with van der Waals surface area (Å²) in [4.78, 5) is 14.0. The van der Waals surface area contributed by atoms with Gasteiger partial charge in [-0.1, -0.05) is 18.5 Å². The second-order valence-corrected chi connectivity index (χ2v) is 6.00. The highest BCUT2D eigenvalue weighted by Gasteiger charge is 2.28. The molecule has 2 atom stereocenters. The first-order valence-electron chi connectivity index (χ1n) is 5.91. The number of β-amino-alcohol motifs (C(OH)–C–C–N with tert-alkyl or cyclic N) is 1. The van der Waals surface area contributed by atoms with Crippen molar-refractivity contribution in [1.29, 1.82) is 0 Å².